The lowest BCUT2D eigenvalue weighted by Gasteiger charge is -2.16. The number of ketones is 1. The van der Waals surface area contributed by atoms with Crippen LogP contribution < -0.4 is 9.47 Å². The van der Waals surface area contributed by atoms with E-state index in [0.29, 0.717) is 62.6 Å². The van der Waals surface area contributed by atoms with E-state index in [-0.39, 0.29) is 41.6 Å². The predicted octanol–water partition coefficient (Wildman–Crippen LogP) is 7.76. The molecule has 0 radical (unpaired) electrons. The van der Waals surface area contributed by atoms with Crippen molar-refractivity contribution < 1.29 is 43.5 Å². The molecule has 258 valence electrons. The number of phenolic OH excluding ortho intramolecular Hbond substituents is 2. The Hall–Kier alpha value is -4.53. The smallest absolute Gasteiger partial charge is 0.306 e. The molecule has 48 heavy (non-hydrogen) atoms. The summed E-state index contributed by atoms with van der Waals surface area (Å²) < 4.78 is 22.3. The number of benzene rings is 3. The number of aromatic hydroxyl groups is 2. The normalized spacial score (nSPS) is 12.4. The van der Waals surface area contributed by atoms with Crippen LogP contribution >= 0.6 is 0 Å². The number of ether oxygens (including phenoxy) is 4. The van der Waals surface area contributed by atoms with Crippen molar-refractivity contribution in [2.75, 3.05) is 26.4 Å². The van der Waals surface area contributed by atoms with Crippen molar-refractivity contribution in [2.45, 2.75) is 84.5 Å². The molecule has 3 aromatic rings. The highest BCUT2D eigenvalue weighted by Crippen LogP contribution is 2.37. The van der Waals surface area contributed by atoms with E-state index in [1.54, 1.807) is 26.0 Å². The van der Waals surface area contributed by atoms with Crippen molar-refractivity contribution in [3.8, 4) is 34.1 Å². The second-order valence-electron chi connectivity index (χ2n) is 12.1. The summed E-state index contributed by atoms with van der Waals surface area (Å²) in [6.07, 6.45) is 8.02. The van der Waals surface area contributed by atoms with Crippen molar-refractivity contribution in [2.24, 2.45) is 5.92 Å². The minimum absolute atomic E-state index is 0.0654. The van der Waals surface area contributed by atoms with Gasteiger partial charge in [0.15, 0.2) is 17.3 Å². The summed E-state index contributed by atoms with van der Waals surface area (Å²) in [5.74, 6) is 0.625. The third-order valence-electron chi connectivity index (χ3n) is 8.26. The molecule has 3 aromatic carbocycles. The Kier molecular flexibility index (Phi) is 14.2. The van der Waals surface area contributed by atoms with E-state index in [4.69, 9.17) is 18.9 Å². The number of hydrogen-bond donors (Lipinski definition) is 2. The number of rotatable bonds is 21. The van der Waals surface area contributed by atoms with Gasteiger partial charge in [-0.1, -0.05) is 31.0 Å². The molecule has 1 fully saturated rings. The van der Waals surface area contributed by atoms with Crippen LogP contribution in [0.1, 0.15) is 93.1 Å². The first-order valence-electron chi connectivity index (χ1n) is 17.2. The van der Waals surface area contributed by atoms with Crippen molar-refractivity contribution in [1.29, 1.82) is 0 Å². The highest BCUT2D eigenvalue weighted by atomic mass is 16.5. The van der Waals surface area contributed by atoms with Gasteiger partial charge in [0.25, 0.3) is 0 Å². The number of phenols is 2. The molecule has 1 aliphatic carbocycles. The molecule has 0 bridgehead atoms. The molecule has 1 saturated carbocycles. The molecule has 0 unspecified atom stereocenters. The average molecular weight is 661 g/mol. The Labute approximate surface area is 283 Å². The molecule has 0 spiro atoms. The van der Waals surface area contributed by atoms with Crippen LogP contribution in [-0.2, 0) is 31.9 Å². The van der Waals surface area contributed by atoms with Crippen molar-refractivity contribution in [1.82, 2.24) is 0 Å². The lowest BCUT2D eigenvalue weighted by atomic mass is 9.96. The third kappa shape index (κ3) is 11.3. The van der Waals surface area contributed by atoms with Crippen LogP contribution in [0.3, 0.4) is 0 Å². The molecule has 1 aliphatic rings. The Balaban J connectivity index is 1.30. The zero-order valence-electron chi connectivity index (χ0n) is 28.1. The van der Waals surface area contributed by atoms with Gasteiger partial charge in [0.1, 0.15) is 11.5 Å². The van der Waals surface area contributed by atoms with Gasteiger partial charge in [-0.2, -0.15) is 0 Å². The second-order valence-corrected chi connectivity index (χ2v) is 12.1. The van der Waals surface area contributed by atoms with Gasteiger partial charge in [-0.05, 0) is 117 Å². The van der Waals surface area contributed by atoms with Gasteiger partial charge in [0.05, 0.1) is 26.4 Å². The number of carbonyl (C=O) groups is 3. The molecular weight excluding hydrogens is 612 g/mol. The van der Waals surface area contributed by atoms with E-state index >= 15 is 0 Å². The summed E-state index contributed by atoms with van der Waals surface area (Å²) >= 11 is 0. The maximum absolute atomic E-state index is 12.9. The van der Waals surface area contributed by atoms with Crippen LogP contribution in [0.5, 0.6) is 23.0 Å². The van der Waals surface area contributed by atoms with E-state index in [9.17, 15) is 24.6 Å². The first kappa shape index (κ1) is 36.3. The van der Waals surface area contributed by atoms with Crippen molar-refractivity contribution in [3.05, 3.63) is 71.3 Å². The van der Waals surface area contributed by atoms with Gasteiger partial charge < -0.3 is 29.2 Å². The monoisotopic (exact) mass is 660 g/mol. The van der Waals surface area contributed by atoms with Gasteiger partial charge in [0.2, 0.25) is 0 Å². The van der Waals surface area contributed by atoms with Crippen LogP contribution in [-0.4, -0.2) is 54.4 Å². The van der Waals surface area contributed by atoms with E-state index < -0.39 is 0 Å². The quantitative estimate of drug-likeness (QED) is 0.0510. The molecule has 9 heteroatoms. The standard InChI is InChI=1S/C39H48O9/c1-3-45-37(42)14-10-22-48-36-13-9-12-27(33(36)18-20-38(43)46-4-2)11-7-5-6-8-21-47-32-24-30(29-17-19-34(40)35(41)26-29)23-31(25-32)39(44)28-15-16-28/h9,12-13,17,19,23-26,28,40-41H,3-8,10-11,14-16,18,20-22H2,1-2H3. The van der Waals surface area contributed by atoms with Gasteiger partial charge in [-0.25, -0.2) is 0 Å². The van der Waals surface area contributed by atoms with Gasteiger partial charge in [0, 0.05) is 24.3 Å². The minimum atomic E-state index is -0.240. The molecule has 0 aliphatic heterocycles. The Bertz CT molecular complexity index is 1530. The maximum atomic E-state index is 12.9. The predicted molar refractivity (Wildman–Crippen MR) is 183 cm³/mol. The summed E-state index contributed by atoms with van der Waals surface area (Å²) in [5.41, 5.74) is 4.18. The van der Waals surface area contributed by atoms with Crippen LogP contribution in [0, 0.1) is 5.92 Å². The van der Waals surface area contributed by atoms with Gasteiger partial charge in [-0.3, -0.25) is 14.4 Å². The topological polar surface area (TPSA) is 129 Å². The Morgan fingerprint density at radius 2 is 1.44 bits per heavy atom. The number of unbranched alkanes of at least 4 members (excludes halogenated alkanes) is 3. The van der Waals surface area contributed by atoms with E-state index in [1.807, 2.05) is 24.3 Å². The van der Waals surface area contributed by atoms with Crippen LogP contribution in [0.2, 0.25) is 0 Å². The fourth-order valence-corrected chi connectivity index (χ4v) is 5.59. The zero-order chi connectivity index (χ0) is 34.3. The first-order valence-corrected chi connectivity index (χ1v) is 17.2. The highest BCUT2D eigenvalue weighted by molar-refractivity contribution is 6.00. The summed E-state index contributed by atoms with van der Waals surface area (Å²) in [7, 11) is 0. The summed E-state index contributed by atoms with van der Waals surface area (Å²) in [5, 5.41) is 19.7. The fraction of sp³-hybridized carbons (Fsp3) is 0.462. The van der Waals surface area contributed by atoms with Crippen molar-refractivity contribution >= 4 is 17.7 Å². The van der Waals surface area contributed by atoms with E-state index in [0.717, 1.165) is 67.4 Å². The molecule has 9 nitrogen and oxygen atoms in total. The lowest BCUT2D eigenvalue weighted by molar-refractivity contribution is -0.144. The number of esters is 2. The van der Waals surface area contributed by atoms with Gasteiger partial charge in [-0.15, -0.1) is 0 Å². The SMILES string of the molecule is CCOC(=O)CCCOc1cccc(CCCCCCOc2cc(C(=O)C3CC3)cc(-c3ccc(O)c(O)c3)c2)c1CCC(=O)OCC. The molecule has 0 amide bonds. The van der Waals surface area contributed by atoms with Gasteiger partial charge >= 0.3 is 11.9 Å². The summed E-state index contributed by atoms with van der Waals surface area (Å²) in [4.78, 5) is 36.7. The first-order chi connectivity index (χ1) is 23.3. The molecule has 0 heterocycles. The molecule has 2 N–H and O–H groups in total. The second kappa shape index (κ2) is 18.7. The third-order valence-corrected chi connectivity index (χ3v) is 8.26. The maximum Gasteiger partial charge on any atom is 0.306 e. The van der Waals surface area contributed by atoms with E-state index in [2.05, 4.69) is 6.07 Å². The van der Waals surface area contributed by atoms with Crippen molar-refractivity contribution in [3.63, 3.8) is 0 Å². The molecule has 0 saturated heterocycles. The number of Topliss-reactive ketones (excluding diaryl/α,β-unsaturated/α-hetero) is 1. The molecular formula is C39H48O9. The highest BCUT2D eigenvalue weighted by Gasteiger charge is 2.31. The van der Waals surface area contributed by atoms with Crippen LogP contribution in [0.15, 0.2) is 54.6 Å². The number of aryl methyl sites for hydroxylation is 1. The molecule has 0 aromatic heterocycles. The average Bonchev–Trinajstić information content (AvgIpc) is 3.93. The lowest BCUT2D eigenvalue weighted by Crippen LogP contribution is -2.10. The zero-order valence-corrected chi connectivity index (χ0v) is 28.1. The molecule has 0 atom stereocenters. The number of hydrogen-bond acceptors (Lipinski definition) is 9. The Morgan fingerprint density at radius 1 is 0.708 bits per heavy atom. The summed E-state index contributed by atoms with van der Waals surface area (Å²) in [6, 6.07) is 16.1. The number of carbonyl (C=O) groups excluding carboxylic acids is 3. The largest absolute Gasteiger partial charge is 0.504 e. The Morgan fingerprint density at radius 3 is 2.17 bits per heavy atom. The van der Waals surface area contributed by atoms with Crippen LogP contribution in [0.25, 0.3) is 11.1 Å². The summed E-state index contributed by atoms with van der Waals surface area (Å²) in [6.45, 7) is 5.16. The minimum Gasteiger partial charge on any atom is -0.504 e. The molecule has 4 rings (SSSR count). The fourth-order valence-electron chi connectivity index (χ4n) is 5.59. The van der Waals surface area contributed by atoms with Crippen LogP contribution in [0.4, 0.5) is 0 Å². The van der Waals surface area contributed by atoms with E-state index in [1.165, 1.54) is 12.1 Å².